The molecule has 89 heavy (non-hydrogen) atoms. The molecule has 12 rings (SSSR count). The summed E-state index contributed by atoms with van der Waals surface area (Å²) in [7, 11) is 6.46. The van der Waals surface area contributed by atoms with Crippen LogP contribution in [0.15, 0.2) is 170 Å². The van der Waals surface area contributed by atoms with Gasteiger partial charge in [-0.05, 0) is 166 Å². The largest absolute Gasteiger partial charge is 0.369 e. The Balaban J connectivity index is 0.000000147. The Morgan fingerprint density at radius 1 is 0.416 bits per heavy atom. The Kier molecular flexibility index (Phi) is 21.1. The molecule has 20 nitrogen and oxygen atoms in total. The third-order valence-corrected chi connectivity index (χ3v) is 15.3. The lowest BCUT2D eigenvalue weighted by Gasteiger charge is -2.34. The lowest BCUT2D eigenvalue weighted by atomic mass is 10.1. The molecule has 6 aromatic carbocycles. The highest BCUT2D eigenvalue weighted by molar-refractivity contribution is 6.31. The topological polar surface area (TPSA) is 217 Å². The molecule has 23 heteroatoms. The van der Waals surface area contributed by atoms with E-state index < -0.39 is 11.6 Å². The van der Waals surface area contributed by atoms with Crippen LogP contribution in [0.25, 0.3) is 0 Å². The van der Waals surface area contributed by atoms with Crippen molar-refractivity contribution in [3.05, 3.63) is 198 Å². The van der Waals surface area contributed by atoms with Crippen LogP contribution in [0.1, 0.15) is 11.1 Å². The van der Waals surface area contributed by atoms with Crippen molar-refractivity contribution in [1.29, 1.82) is 10.5 Å². The molecule has 454 valence electrons. The van der Waals surface area contributed by atoms with Gasteiger partial charge >= 0.3 is 0 Å². The summed E-state index contributed by atoms with van der Waals surface area (Å²) in [5.74, 6) is 2.24. The van der Waals surface area contributed by atoms with E-state index in [1.807, 2.05) is 60.7 Å². The Hall–Kier alpha value is -10.2. The number of likely N-dealkylation sites (N-methyl/N-ethyl adjacent to an activating group) is 3. The fraction of sp³-hybridized carbons (Fsp3) is 0.242. The number of hydrogen-bond acceptors (Lipinski definition) is 20. The zero-order valence-corrected chi connectivity index (χ0v) is 50.5. The molecule has 3 fully saturated rings. The molecule has 0 bridgehead atoms. The summed E-state index contributed by atoms with van der Waals surface area (Å²) in [5.41, 5.74) is 9.47. The first-order valence-electron chi connectivity index (χ1n) is 29.2. The molecular formula is C66H69ClF2N20. The number of hydrogen-bond donors (Lipinski definition) is 6. The second-order valence-electron chi connectivity index (χ2n) is 21.5. The SMILES string of the molecule is CN1CCN(c2ccc(Nc3nccc(Nc4ccc(F)c(C#N)c4)n3)cc2)CC1.CN1CCN(c2ccc(Nc3nccc(Nc4ccc(F)c(Cl)c4)n3)cc2)CC1.CN1CCN(c2ccc(Nc3nccc(Nc4cccc(CC#N)c4)n3)cc2)CC1. The van der Waals surface area contributed by atoms with Crippen molar-refractivity contribution < 1.29 is 8.78 Å². The highest BCUT2D eigenvalue weighted by atomic mass is 35.5. The van der Waals surface area contributed by atoms with Crippen LogP contribution >= 0.6 is 11.6 Å². The lowest BCUT2D eigenvalue weighted by Crippen LogP contribution is -2.44. The lowest BCUT2D eigenvalue weighted by molar-refractivity contribution is 0.313. The van der Waals surface area contributed by atoms with E-state index in [4.69, 9.17) is 22.1 Å². The monoisotopic (exact) mass is 1210 g/mol. The summed E-state index contributed by atoms with van der Waals surface area (Å²) in [6.07, 6.45) is 5.39. The number of piperazine rings is 3. The third kappa shape index (κ3) is 18.2. The fourth-order valence-electron chi connectivity index (χ4n) is 9.87. The van der Waals surface area contributed by atoms with Crippen molar-refractivity contribution in [2.45, 2.75) is 6.42 Å². The van der Waals surface area contributed by atoms with Gasteiger partial charge in [-0.1, -0.05) is 23.7 Å². The van der Waals surface area contributed by atoms with Crippen LogP contribution in [-0.4, -0.2) is 144 Å². The minimum absolute atomic E-state index is 0.0205. The van der Waals surface area contributed by atoms with Crippen LogP contribution in [0.2, 0.25) is 5.02 Å². The zero-order valence-electron chi connectivity index (χ0n) is 49.8. The average Bonchev–Trinajstić information content (AvgIpc) is 3.73. The molecule has 0 spiro atoms. The van der Waals surface area contributed by atoms with E-state index in [0.29, 0.717) is 53.1 Å². The highest BCUT2D eigenvalue weighted by Gasteiger charge is 2.18. The maximum absolute atomic E-state index is 13.5. The molecular weight excluding hydrogens is 1150 g/mol. The molecule has 0 atom stereocenters. The van der Waals surface area contributed by atoms with Crippen LogP contribution in [-0.2, 0) is 6.42 Å². The minimum Gasteiger partial charge on any atom is -0.369 e. The molecule has 6 N–H and O–H groups in total. The first kappa shape index (κ1) is 61.8. The van der Waals surface area contributed by atoms with Crippen molar-refractivity contribution in [1.82, 2.24) is 44.6 Å². The molecule has 3 aliphatic rings. The van der Waals surface area contributed by atoms with Gasteiger partial charge in [0.15, 0.2) is 0 Å². The van der Waals surface area contributed by atoms with E-state index in [2.05, 4.69) is 167 Å². The predicted octanol–water partition coefficient (Wildman–Crippen LogP) is 12.0. The van der Waals surface area contributed by atoms with Crippen LogP contribution in [0.3, 0.4) is 0 Å². The minimum atomic E-state index is -0.548. The zero-order chi connectivity index (χ0) is 61.9. The van der Waals surface area contributed by atoms with E-state index in [1.54, 1.807) is 42.9 Å². The van der Waals surface area contributed by atoms with Gasteiger partial charge in [-0.15, -0.1) is 0 Å². The Morgan fingerprint density at radius 3 is 1.15 bits per heavy atom. The Morgan fingerprint density at radius 2 is 0.775 bits per heavy atom. The van der Waals surface area contributed by atoms with E-state index in [1.165, 1.54) is 41.3 Å². The van der Waals surface area contributed by atoms with Crippen LogP contribution < -0.4 is 46.6 Å². The van der Waals surface area contributed by atoms with Crippen molar-refractivity contribution in [3.8, 4) is 12.1 Å². The molecule has 6 heterocycles. The molecule has 0 amide bonds. The summed E-state index contributed by atoms with van der Waals surface area (Å²) in [6.45, 7) is 12.7. The van der Waals surface area contributed by atoms with Crippen molar-refractivity contribution >= 4 is 98.1 Å². The number of halogens is 3. The number of benzene rings is 6. The molecule has 0 radical (unpaired) electrons. The second-order valence-corrected chi connectivity index (χ2v) is 21.9. The number of nitrogens with one attached hydrogen (secondary N) is 6. The molecule has 3 saturated heterocycles. The summed E-state index contributed by atoms with van der Waals surface area (Å²) in [5, 5.41) is 37.0. The summed E-state index contributed by atoms with van der Waals surface area (Å²) >= 11 is 5.83. The molecule has 0 saturated carbocycles. The van der Waals surface area contributed by atoms with Gasteiger partial charge in [0.25, 0.3) is 0 Å². The van der Waals surface area contributed by atoms with Crippen molar-refractivity contribution in [2.75, 3.05) is 146 Å². The van der Waals surface area contributed by atoms with Crippen LogP contribution in [0.5, 0.6) is 0 Å². The first-order chi connectivity index (χ1) is 43.4. The Labute approximate surface area is 522 Å². The van der Waals surface area contributed by atoms with E-state index in [-0.39, 0.29) is 10.6 Å². The predicted molar refractivity (Wildman–Crippen MR) is 353 cm³/mol. The Bertz CT molecular complexity index is 3840. The molecule has 0 aliphatic carbocycles. The van der Waals surface area contributed by atoms with Gasteiger partial charge in [-0.3, -0.25) is 0 Å². The van der Waals surface area contributed by atoms with Crippen molar-refractivity contribution in [3.63, 3.8) is 0 Å². The van der Waals surface area contributed by atoms with Gasteiger partial charge in [0.05, 0.1) is 23.1 Å². The average molecular weight is 1220 g/mol. The summed E-state index contributed by atoms with van der Waals surface area (Å²) in [4.78, 5) is 40.5. The quantitative estimate of drug-likeness (QED) is 0.0530. The van der Waals surface area contributed by atoms with Crippen molar-refractivity contribution in [2.24, 2.45) is 0 Å². The first-order valence-corrected chi connectivity index (χ1v) is 29.6. The smallest absolute Gasteiger partial charge is 0.229 e. The molecule has 3 aliphatic heterocycles. The summed E-state index contributed by atoms with van der Waals surface area (Å²) in [6, 6.07) is 50.6. The van der Waals surface area contributed by atoms with Gasteiger partial charge < -0.3 is 61.3 Å². The summed E-state index contributed by atoms with van der Waals surface area (Å²) < 4.78 is 26.8. The van der Waals surface area contributed by atoms with Gasteiger partial charge in [-0.2, -0.15) is 25.5 Å². The van der Waals surface area contributed by atoms with Gasteiger partial charge in [0, 0.05) is 148 Å². The van der Waals surface area contributed by atoms with Gasteiger partial charge in [0.2, 0.25) is 17.8 Å². The standard InChI is InChI=1S/C23H25N7.C22H22FN7.C21H22ClFN6/c1-29-13-15-30(16-14-29)21-7-5-19(6-8-21)27-23-25-12-10-22(28-23)26-20-4-2-3-18(17-20)9-11-24;1-29-10-12-30(13-11-29)19-5-2-17(3-6-19)27-22-25-9-8-21(28-22)26-18-4-7-20(23)16(14-18)15-24;1-28-10-12-29(13-11-28)17-5-2-15(3-6-17)26-21-24-9-8-20(27-21)25-16-4-7-19(23)18(22)14-16/h2-8,10,12,17H,9,13-16H2,1H3,(H2,25,26,27,28);2-9,14H,10-13H2,1H3,(H2,25,26,27,28);2-9,14H,10-13H2,1H3,(H2,24,25,26,27). The van der Waals surface area contributed by atoms with E-state index in [0.717, 1.165) is 107 Å². The van der Waals surface area contributed by atoms with E-state index >= 15 is 0 Å². The second kappa shape index (κ2) is 30.4. The van der Waals surface area contributed by atoms with E-state index in [9.17, 15) is 8.78 Å². The maximum Gasteiger partial charge on any atom is 0.229 e. The molecule has 3 aromatic heterocycles. The number of aromatic nitrogens is 6. The normalized spacial score (nSPS) is 14.4. The number of anilines is 15. The van der Waals surface area contributed by atoms with Gasteiger partial charge in [0.1, 0.15) is 35.2 Å². The number of rotatable bonds is 16. The third-order valence-electron chi connectivity index (χ3n) is 15.0. The molecule has 0 unspecified atom stereocenters. The highest BCUT2D eigenvalue weighted by Crippen LogP contribution is 2.28. The fourth-order valence-corrected chi connectivity index (χ4v) is 10.1. The van der Waals surface area contributed by atoms with Crippen LogP contribution in [0, 0.1) is 34.3 Å². The maximum atomic E-state index is 13.5. The van der Waals surface area contributed by atoms with Crippen LogP contribution in [0.4, 0.5) is 95.3 Å². The number of nitrogens with zero attached hydrogens (tertiary/aromatic N) is 14. The van der Waals surface area contributed by atoms with Gasteiger partial charge in [-0.25, -0.2) is 23.7 Å². The number of nitriles is 2. The molecule has 9 aromatic rings.